The van der Waals surface area contributed by atoms with Crippen LogP contribution in [0.15, 0.2) is 46.9 Å². The van der Waals surface area contributed by atoms with E-state index in [4.69, 9.17) is 11.6 Å². The van der Waals surface area contributed by atoms with Crippen molar-refractivity contribution in [2.24, 2.45) is 0 Å². The fraction of sp³-hybridized carbons (Fsp3) is 0.333. The van der Waals surface area contributed by atoms with Gasteiger partial charge in [0.05, 0.1) is 5.02 Å². The highest BCUT2D eigenvalue weighted by Gasteiger charge is 2.28. The van der Waals surface area contributed by atoms with E-state index < -0.39 is 0 Å². The zero-order valence-corrected chi connectivity index (χ0v) is 14.4. The van der Waals surface area contributed by atoms with Gasteiger partial charge in [0, 0.05) is 10.5 Å². The zero-order chi connectivity index (χ0) is 14.8. The smallest absolute Gasteiger partial charge is 0.0548 e. The molecule has 0 amide bonds. The summed E-state index contributed by atoms with van der Waals surface area (Å²) in [6.45, 7) is 3.13. The van der Waals surface area contributed by atoms with E-state index in [1.54, 1.807) is 0 Å². The van der Waals surface area contributed by atoms with Gasteiger partial charge >= 0.3 is 0 Å². The molecule has 0 radical (unpaired) electrons. The lowest BCUT2D eigenvalue weighted by molar-refractivity contribution is 0.436. The van der Waals surface area contributed by atoms with E-state index in [-0.39, 0.29) is 0 Å². The fourth-order valence-electron chi connectivity index (χ4n) is 3.17. The van der Waals surface area contributed by atoms with Gasteiger partial charge in [0.2, 0.25) is 0 Å². The van der Waals surface area contributed by atoms with Crippen molar-refractivity contribution in [2.75, 3.05) is 6.54 Å². The van der Waals surface area contributed by atoms with Gasteiger partial charge in [-0.05, 0) is 70.1 Å². The predicted octanol–water partition coefficient (Wildman–Crippen LogP) is 5.48. The second kappa shape index (κ2) is 6.51. The molecule has 1 nitrogen and oxygen atoms in total. The molecule has 2 aromatic carbocycles. The van der Waals surface area contributed by atoms with Gasteiger partial charge in [-0.3, -0.25) is 0 Å². The highest BCUT2D eigenvalue weighted by atomic mass is 79.9. The SMILES string of the molecule is CCNC(CC1Cc2ccccc21)c1ccc(Cl)c(Br)c1. The molecule has 0 heterocycles. The Bertz CT molecular complexity index is 641. The predicted molar refractivity (Wildman–Crippen MR) is 93.1 cm³/mol. The van der Waals surface area contributed by atoms with Crippen LogP contribution >= 0.6 is 27.5 Å². The van der Waals surface area contributed by atoms with Crippen LogP contribution < -0.4 is 5.32 Å². The average molecular weight is 365 g/mol. The van der Waals surface area contributed by atoms with E-state index in [0.717, 1.165) is 22.5 Å². The third-order valence-corrected chi connectivity index (χ3v) is 5.49. The number of nitrogens with one attached hydrogen (secondary N) is 1. The summed E-state index contributed by atoms with van der Waals surface area (Å²) in [5.41, 5.74) is 4.33. The average Bonchev–Trinajstić information content (AvgIpc) is 2.46. The van der Waals surface area contributed by atoms with Gasteiger partial charge in [-0.1, -0.05) is 48.9 Å². The molecule has 0 bridgehead atoms. The second-order valence-electron chi connectivity index (χ2n) is 5.62. The van der Waals surface area contributed by atoms with Crippen molar-refractivity contribution in [3.8, 4) is 0 Å². The number of rotatable bonds is 5. The first-order valence-electron chi connectivity index (χ1n) is 7.45. The molecule has 1 aliphatic carbocycles. The molecule has 2 atom stereocenters. The van der Waals surface area contributed by atoms with Crippen molar-refractivity contribution in [3.05, 3.63) is 68.7 Å². The first kappa shape index (κ1) is 15.1. The summed E-state index contributed by atoms with van der Waals surface area (Å²) in [4.78, 5) is 0. The molecule has 1 aliphatic rings. The third-order valence-electron chi connectivity index (χ3n) is 4.28. The maximum absolute atomic E-state index is 6.11. The highest BCUT2D eigenvalue weighted by Crippen LogP contribution is 2.41. The van der Waals surface area contributed by atoms with Crippen LogP contribution in [-0.4, -0.2) is 6.54 Å². The van der Waals surface area contributed by atoms with Crippen molar-refractivity contribution >= 4 is 27.5 Å². The van der Waals surface area contributed by atoms with Gasteiger partial charge in [0.25, 0.3) is 0 Å². The van der Waals surface area contributed by atoms with E-state index in [1.165, 1.54) is 23.1 Å². The van der Waals surface area contributed by atoms with Crippen LogP contribution in [0.5, 0.6) is 0 Å². The lowest BCUT2D eigenvalue weighted by atomic mass is 9.74. The molecule has 21 heavy (non-hydrogen) atoms. The summed E-state index contributed by atoms with van der Waals surface area (Å²) < 4.78 is 0.971. The van der Waals surface area contributed by atoms with Gasteiger partial charge in [-0.25, -0.2) is 0 Å². The van der Waals surface area contributed by atoms with Gasteiger partial charge in [0.15, 0.2) is 0 Å². The van der Waals surface area contributed by atoms with Crippen molar-refractivity contribution in [3.63, 3.8) is 0 Å². The molecule has 0 fully saturated rings. The summed E-state index contributed by atoms with van der Waals surface area (Å²) in [7, 11) is 0. The minimum atomic E-state index is 0.377. The van der Waals surface area contributed by atoms with Gasteiger partial charge in [-0.15, -0.1) is 0 Å². The van der Waals surface area contributed by atoms with Crippen LogP contribution in [0.2, 0.25) is 5.02 Å². The summed E-state index contributed by atoms with van der Waals surface area (Å²) in [6, 6.07) is 15.4. The molecule has 2 aromatic rings. The summed E-state index contributed by atoms with van der Waals surface area (Å²) >= 11 is 9.64. The minimum Gasteiger partial charge on any atom is -0.310 e. The fourth-order valence-corrected chi connectivity index (χ4v) is 3.68. The summed E-state index contributed by atoms with van der Waals surface area (Å²) in [5.74, 6) is 0.666. The Morgan fingerprint density at radius 2 is 2.10 bits per heavy atom. The van der Waals surface area contributed by atoms with Crippen molar-refractivity contribution in [2.45, 2.75) is 31.7 Å². The maximum Gasteiger partial charge on any atom is 0.0548 e. The largest absolute Gasteiger partial charge is 0.310 e. The highest BCUT2D eigenvalue weighted by molar-refractivity contribution is 9.10. The Kier molecular flexibility index (Phi) is 4.68. The van der Waals surface area contributed by atoms with E-state index in [0.29, 0.717) is 12.0 Å². The Morgan fingerprint density at radius 3 is 2.81 bits per heavy atom. The van der Waals surface area contributed by atoms with Gasteiger partial charge < -0.3 is 5.32 Å². The Balaban J connectivity index is 1.78. The molecule has 110 valence electrons. The lowest BCUT2D eigenvalue weighted by Gasteiger charge is -2.33. The molecule has 0 aromatic heterocycles. The quantitative estimate of drug-likeness (QED) is 0.740. The van der Waals surface area contributed by atoms with Crippen LogP contribution in [0.3, 0.4) is 0 Å². The molecule has 3 rings (SSSR count). The number of fused-ring (bicyclic) bond motifs is 1. The molecule has 3 heteroatoms. The number of hydrogen-bond acceptors (Lipinski definition) is 1. The topological polar surface area (TPSA) is 12.0 Å². The van der Waals surface area contributed by atoms with Crippen LogP contribution in [0.25, 0.3) is 0 Å². The van der Waals surface area contributed by atoms with Crippen LogP contribution in [0.4, 0.5) is 0 Å². The van der Waals surface area contributed by atoms with Crippen molar-refractivity contribution in [1.29, 1.82) is 0 Å². The first-order chi connectivity index (χ1) is 10.2. The number of hydrogen-bond donors (Lipinski definition) is 1. The Labute approximate surface area is 139 Å². The van der Waals surface area contributed by atoms with E-state index in [9.17, 15) is 0 Å². The van der Waals surface area contributed by atoms with E-state index in [2.05, 4.69) is 64.6 Å². The van der Waals surface area contributed by atoms with E-state index in [1.807, 2.05) is 6.07 Å². The molecular weight excluding hydrogens is 346 g/mol. The molecule has 1 N–H and O–H groups in total. The lowest BCUT2D eigenvalue weighted by Crippen LogP contribution is -2.27. The number of benzene rings is 2. The standard InChI is InChI=1S/C18H19BrClN/c1-2-21-18(13-7-8-17(20)16(19)10-13)11-14-9-12-5-3-4-6-15(12)14/h3-8,10,14,18,21H,2,9,11H2,1H3. The second-order valence-corrected chi connectivity index (χ2v) is 6.88. The molecular formula is C18H19BrClN. The normalized spacial score (nSPS) is 18.0. The summed E-state index contributed by atoms with van der Waals surface area (Å²) in [5, 5.41) is 4.38. The van der Waals surface area contributed by atoms with Crippen LogP contribution in [0.1, 0.15) is 42.0 Å². The monoisotopic (exact) mass is 363 g/mol. The Hall–Kier alpha value is -0.830. The van der Waals surface area contributed by atoms with E-state index >= 15 is 0 Å². The van der Waals surface area contributed by atoms with Crippen molar-refractivity contribution < 1.29 is 0 Å². The number of halogens is 2. The zero-order valence-electron chi connectivity index (χ0n) is 12.1. The van der Waals surface area contributed by atoms with Crippen molar-refractivity contribution in [1.82, 2.24) is 5.32 Å². The minimum absolute atomic E-state index is 0.377. The molecule has 0 aliphatic heterocycles. The Morgan fingerprint density at radius 1 is 1.29 bits per heavy atom. The van der Waals surface area contributed by atoms with Crippen LogP contribution in [-0.2, 0) is 6.42 Å². The molecule has 2 unspecified atom stereocenters. The van der Waals surface area contributed by atoms with Gasteiger partial charge in [0.1, 0.15) is 0 Å². The third kappa shape index (κ3) is 3.18. The molecule has 0 saturated carbocycles. The molecule has 0 saturated heterocycles. The summed E-state index contributed by atoms with van der Waals surface area (Å²) in [6.07, 6.45) is 2.34. The van der Waals surface area contributed by atoms with Crippen LogP contribution in [0, 0.1) is 0 Å². The maximum atomic E-state index is 6.11. The van der Waals surface area contributed by atoms with Gasteiger partial charge in [-0.2, -0.15) is 0 Å². The first-order valence-corrected chi connectivity index (χ1v) is 8.62. The molecule has 0 spiro atoms.